The number of carboxylic acid groups (broad SMARTS) is 1. The van der Waals surface area contributed by atoms with Crippen LogP contribution in [0.1, 0.15) is 22.7 Å². The van der Waals surface area contributed by atoms with Gasteiger partial charge in [0.05, 0.1) is 17.3 Å². The minimum Gasteiger partial charge on any atom is -0.504 e. The molecule has 6 nitrogen and oxygen atoms in total. The summed E-state index contributed by atoms with van der Waals surface area (Å²) >= 11 is 0. The third-order valence-corrected chi connectivity index (χ3v) is 5.93. The van der Waals surface area contributed by atoms with E-state index in [1.54, 1.807) is 23.0 Å². The molecule has 3 aromatic carbocycles. The van der Waals surface area contributed by atoms with E-state index in [2.05, 4.69) is 11.1 Å². The smallest absolute Gasteiger partial charge is 0.311 e. The predicted octanol–water partition coefficient (Wildman–Crippen LogP) is 5.51. The molecule has 0 aliphatic rings. The predicted molar refractivity (Wildman–Crippen MR) is 131 cm³/mol. The molecular weight excluding hydrogens is 426 g/mol. The molecule has 0 aliphatic carbocycles. The zero-order valence-electron chi connectivity index (χ0n) is 18.6. The molecular formula is C28H23N3O3. The van der Waals surface area contributed by atoms with Crippen LogP contribution in [0.5, 0.6) is 5.75 Å². The number of carboxylic acids is 1. The quantitative estimate of drug-likeness (QED) is 0.357. The number of hydrogen-bond acceptors (Lipinski definition) is 4. The minimum absolute atomic E-state index is 0.00680. The lowest BCUT2D eigenvalue weighted by molar-refractivity contribution is -0.138. The number of aromatic hydroxyl groups is 1. The van der Waals surface area contributed by atoms with Gasteiger partial charge in [0.2, 0.25) is 0 Å². The highest BCUT2D eigenvalue weighted by molar-refractivity contribution is 5.87. The molecule has 5 aromatic rings. The van der Waals surface area contributed by atoms with E-state index in [9.17, 15) is 15.0 Å². The summed E-state index contributed by atoms with van der Waals surface area (Å²) in [5, 5.41) is 27.3. The van der Waals surface area contributed by atoms with Crippen molar-refractivity contribution < 1.29 is 15.0 Å². The van der Waals surface area contributed by atoms with Gasteiger partial charge in [0.1, 0.15) is 0 Å². The molecule has 1 atom stereocenters. The number of benzene rings is 3. The van der Waals surface area contributed by atoms with E-state index >= 15 is 0 Å². The second-order valence-electron chi connectivity index (χ2n) is 8.35. The van der Waals surface area contributed by atoms with Crippen LogP contribution in [0, 0.1) is 6.92 Å². The molecule has 0 amide bonds. The van der Waals surface area contributed by atoms with Crippen LogP contribution < -0.4 is 0 Å². The average molecular weight is 450 g/mol. The lowest BCUT2D eigenvalue weighted by Crippen LogP contribution is -2.15. The van der Waals surface area contributed by atoms with Gasteiger partial charge in [-0.25, -0.2) is 9.67 Å². The summed E-state index contributed by atoms with van der Waals surface area (Å²) in [5.74, 6) is -1.37. The Kier molecular flexibility index (Phi) is 5.55. The summed E-state index contributed by atoms with van der Waals surface area (Å²) in [7, 11) is 0. The fraction of sp³-hybridized carbons (Fsp3) is 0.107. The van der Waals surface area contributed by atoms with Crippen molar-refractivity contribution in [3.05, 3.63) is 108 Å². The van der Waals surface area contributed by atoms with Crippen LogP contribution in [0.25, 0.3) is 27.8 Å². The molecule has 0 fully saturated rings. The number of fused-ring (bicyclic) bond motifs is 1. The van der Waals surface area contributed by atoms with E-state index in [0.29, 0.717) is 11.5 Å². The van der Waals surface area contributed by atoms with Gasteiger partial charge in [-0.3, -0.25) is 4.79 Å². The molecule has 0 saturated heterocycles. The number of rotatable bonds is 6. The molecule has 0 radical (unpaired) electrons. The standard InChI is InChI=1S/C28H23N3O3/c1-18-6-4-9-21(14-18)24(28(33)34)16-23-17-25(31(30-23)27-26(32)10-5-13-29-27)22-12-11-19-7-2-3-8-20(19)15-22/h2-15,17,24,32H,16H2,1H3,(H,33,34). The second kappa shape index (κ2) is 8.83. The third kappa shape index (κ3) is 4.13. The zero-order valence-corrected chi connectivity index (χ0v) is 18.6. The van der Waals surface area contributed by atoms with Crippen molar-refractivity contribution in [3.8, 4) is 22.8 Å². The van der Waals surface area contributed by atoms with E-state index in [-0.39, 0.29) is 12.2 Å². The van der Waals surface area contributed by atoms with E-state index < -0.39 is 11.9 Å². The van der Waals surface area contributed by atoms with Crippen LogP contribution in [-0.4, -0.2) is 30.9 Å². The number of aryl methyl sites for hydroxylation is 1. The van der Waals surface area contributed by atoms with Gasteiger partial charge in [-0.15, -0.1) is 0 Å². The number of aliphatic carboxylic acids is 1. The van der Waals surface area contributed by atoms with Gasteiger partial charge in [-0.1, -0.05) is 66.2 Å². The first kappa shape index (κ1) is 21.4. The Morgan fingerprint density at radius 1 is 0.941 bits per heavy atom. The maximum Gasteiger partial charge on any atom is 0.311 e. The van der Waals surface area contributed by atoms with Crippen molar-refractivity contribution in [3.63, 3.8) is 0 Å². The molecule has 168 valence electrons. The summed E-state index contributed by atoms with van der Waals surface area (Å²) in [5.41, 5.74) is 3.95. The number of carbonyl (C=O) groups is 1. The van der Waals surface area contributed by atoms with Crippen LogP contribution in [0.4, 0.5) is 0 Å². The monoisotopic (exact) mass is 449 g/mol. The summed E-state index contributed by atoms with van der Waals surface area (Å²) in [4.78, 5) is 16.5. The number of aromatic nitrogens is 3. The largest absolute Gasteiger partial charge is 0.504 e. The molecule has 2 aromatic heterocycles. The molecule has 0 bridgehead atoms. The lowest BCUT2D eigenvalue weighted by Gasteiger charge is -2.12. The number of hydrogen-bond donors (Lipinski definition) is 2. The third-order valence-electron chi connectivity index (χ3n) is 5.93. The SMILES string of the molecule is Cc1cccc(C(Cc2cc(-c3ccc4ccccc4c3)n(-c3ncccc3O)n2)C(=O)O)c1. The van der Waals surface area contributed by atoms with Crippen LogP contribution in [0.3, 0.4) is 0 Å². The van der Waals surface area contributed by atoms with Gasteiger partial charge in [-0.05, 0) is 47.5 Å². The van der Waals surface area contributed by atoms with Gasteiger partial charge >= 0.3 is 5.97 Å². The van der Waals surface area contributed by atoms with E-state index in [4.69, 9.17) is 5.10 Å². The van der Waals surface area contributed by atoms with Crippen LogP contribution in [-0.2, 0) is 11.2 Å². The van der Waals surface area contributed by atoms with Gasteiger partial charge in [0, 0.05) is 18.2 Å². The first-order valence-corrected chi connectivity index (χ1v) is 11.0. The van der Waals surface area contributed by atoms with E-state index in [1.807, 2.05) is 73.7 Å². The molecule has 34 heavy (non-hydrogen) atoms. The summed E-state index contributed by atoms with van der Waals surface area (Å²) < 4.78 is 1.59. The first-order valence-electron chi connectivity index (χ1n) is 11.0. The topological polar surface area (TPSA) is 88.2 Å². The van der Waals surface area contributed by atoms with Crippen LogP contribution in [0.2, 0.25) is 0 Å². The molecule has 1 unspecified atom stereocenters. The molecule has 0 aliphatic heterocycles. The van der Waals surface area contributed by atoms with E-state index in [1.165, 1.54) is 0 Å². The van der Waals surface area contributed by atoms with Crippen molar-refractivity contribution in [2.45, 2.75) is 19.3 Å². The van der Waals surface area contributed by atoms with Crippen molar-refractivity contribution >= 4 is 16.7 Å². The Morgan fingerprint density at radius 3 is 2.53 bits per heavy atom. The van der Waals surface area contributed by atoms with Crippen molar-refractivity contribution in [2.24, 2.45) is 0 Å². The summed E-state index contributed by atoms with van der Waals surface area (Å²) in [6.45, 7) is 1.94. The van der Waals surface area contributed by atoms with Crippen molar-refractivity contribution in [1.29, 1.82) is 0 Å². The highest BCUT2D eigenvalue weighted by atomic mass is 16.4. The van der Waals surface area contributed by atoms with Crippen molar-refractivity contribution in [2.75, 3.05) is 0 Å². The summed E-state index contributed by atoms with van der Waals surface area (Å²) in [6, 6.07) is 26.8. The average Bonchev–Trinajstić information content (AvgIpc) is 3.26. The van der Waals surface area contributed by atoms with Gasteiger partial charge < -0.3 is 10.2 Å². The zero-order chi connectivity index (χ0) is 23.7. The van der Waals surface area contributed by atoms with Gasteiger partial charge in [0.25, 0.3) is 0 Å². The van der Waals surface area contributed by atoms with Crippen LogP contribution >= 0.6 is 0 Å². The molecule has 0 saturated carbocycles. The maximum atomic E-state index is 12.2. The molecule has 2 N–H and O–H groups in total. The molecule has 6 heteroatoms. The number of pyridine rings is 1. The highest BCUT2D eigenvalue weighted by Crippen LogP contribution is 2.31. The van der Waals surface area contributed by atoms with Gasteiger partial charge in [0.15, 0.2) is 11.6 Å². The van der Waals surface area contributed by atoms with E-state index in [0.717, 1.165) is 33.2 Å². The Bertz CT molecular complexity index is 1510. The fourth-order valence-corrected chi connectivity index (χ4v) is 4.24. The molecule has 5 rings (SSSR count). The Labute approximate surface area is 196 Å². The Balaban J connectivity index is 1.63. The van der Waals surface area contributed by atoms with Crippen LogP contribution in [0.15, 0.2) is 91.1 Å². The second-order valence-corrected chi connectivity index (χ2v) is 8.35. The molecule has 0 spiro atoms. The Hall–Kier alpha value is -4.45. The van der Waals surface area contributed by atoms with Gasteiger partial charge in [-0.2, -0.15) is 5.10 Å². The maximum absolute atomic E-state index is 12.2. The highest BCUT2D eigenvalue weighted by Gasteiger charge is 2.24. The molecule has 2 heterocycles. The normalized spacial score (nSPS) is 12.0. The lowest BCUT2D eigenvalue weighted by atomic mass is 9.93. The summed E-state index contributed by atoms with van der Waals surface area (Å²) in [6.07, 6.45) is 1.80. The minimum atomic E-state index is -0.909. The fourth-order valence-electron chi connectivity index (χ4n) is 4.24. The van der Waals surface area contributed by atoms with Crippen molar-refractivity contribution in [1.82, 2.24) is 14.8 Å². The Morgan fingerprint density at radius 2 is 1.76 bits per heavy atom. The number of nitrogens with zero attached hydrogens (tertiary/aromatic N) is 3. The first-order chi connectivity index (χ1) is 16.5.